The van der Waals surface area contributed by atoms with Gasteiger partial charge in [-0.05, 0) is 25.8 Å². The van der Waals surface area contributed by atoms with Crippen molar-refractivity contribution in [1.29, 1.82) is 0 Å². The van der Waals surface area contributed by atoms with Gasteiger partial charge in [-0.1, -0.05) is 6.92 Å². The quantitative estimate of drug-likeness (QED) is 0.854. The Morgan fingerprint density at radius 2 is 2.36 bits per heavy atom. The van der Waals surface area contributed by atoms with Crippen LogP contribution < -0.4 is 0 Å². The van der Waals surface area contributed by atoms with Crippen LogP contribution in [0.2, 0.25) is 0 Å². The maximum atomic E-state index is 14.0. The minimum atomic E-state index is -0.848. The Hall–Kier alpha value is -1.80. The molecule has 6 nitrogen and oxygen atoms in total. The number of aromatic nitrogens is 3. The van der Waals surface area contributed by atoms with Gasteiger partial charge in [-0.15, -0.1) is 11.3 Å². The van der Waals surface area contributed by atoms with Crippen LogP contribution in [0, 0.1) is 6.92 Å². The highest BCUT2D eigenvalue weighted by molar-refractivity contribution is 7.09. The van der Waals surface area contributed by atoms with Gasteiger partial charge < -0.3 is 4.90 Å². The highest BCUT2D eigenvalue weighted by atomic mass is 32.1. The highest BCUT2D eigenvalue weighted by Crippen LogP contribution is 2.25. The van der Waals surface area contributed by atoms with Crippen LogP contribution in [0.1, 0.15) is 40.1 Å². The summed E-state index contributed by atoms with van der Waals surface area (Å²) in [7, 11) is 1.75. The molecular weight excluding hydrogens is 341 g/mol. The topological polar surface area (TPSA) is 65.1 Å². The van der Waals surface area contributed by atoms with Gasteiger partial charge in [0.25, 0.3) is 5.91 Å². The average Bonchev–Trinajstić information content (AvgIpc) is 3.29. The smallest absolute Gasteiger partial charge is 0.274 e. The maximum absolute atomic E-state index is 14.0. The normalized spacial score (nSPS) is 21.0. The summed E-state index contributed by atoms with van der Waals surface area (Å²) >= 11 is 1.60. The molecule has 8 heteroatoms. The molecule has 2 atom stereocenters. The van der Waals surface area contributed by atoms with Gasteiger partial charge in [0.2, 0.25) is 0 Å². The fourth-order valence-corrected chi connectivity index (χ4v) is 4.02. The summed E-state index contributed by atoms with van der Waals surface area (Å²) in [5.74, 6) is -0.132. The summed E-state index contributed by atoms with van der Waals surface area (Å²) in [6, 6.07) is 1.79. The second kappa shape index (κ2) is 7.61. The molecule has 0 radical (unpaired) electrons. The van der Waals surface area contributed by atoms with Crippen LogP contribution in [0.15, 0.2) is 11.6 Å². The van der Waals surface area contributed by atoms with Crippen LogP contribution in [0.4, 0.5) is 4.39 Å². The second-order valence-corrected chi connectivity index (χ2v) is 7.53. The molecule has 0 spiro atoms. The Labute approximate surface area is 151 Å². The maximum Gasteiger partial charge on any atom is 0.274 e. The molecule has 1 N–H and O–H groups in total. The van der Waals surface area contributed by atoms with E-state index >= 15 is 0 Å². The fourth-order valence-electron chi connectivity index (χ4n) is 3.22. The number of hydrogen-bond donors (Lipinski definition) is 1. The van der Waals surface area contributed by atoms with E-state index in [1.165, 1.54) is 0 Å². The van der Waals surface area contributed by atoms with E-state index in [0.29, 0.717) is 31.7 Å². The van der Waals surface area contributed by atoms with Crippen molar-refractivity contribution in [3.63, 3.8) is 0 Å². The Kier molecular flexibility index (Phi) is 5.48. The molecule has 0 aromatic carbocycles. The molecule has 0 unspecified atom stereocenters. The zero-order valence-electron chi connectivity index (χ0n) is 14.8. The van der Waals surface area contributed by atoms with Crippen LogP contribution in [0.25, 0.3) is 0 Å². The molecule has 1 aliphatic rings. The molecule has 1 aliphatic heterocycles. The lowest BCUT2D eigenvalue weighted by molar-refractivity contribution is 0.0744. The zero-order chi connectivity index (χ0) is 18.0. The molecule has 2 aromatic heterocycles. The largest absolute Gasteiger partial charge is 0.339 e. The first kappa shape index (κ1) is 18.0. The Morgan fingerprint density at radius 3 is 3.00 bits per heavy atom. The molecule has 3 rings (SSSR count). The van der Waals surface area contributed by atoms with Gasteiger partial charge in [0.1, 0.15) is 11.9 Å². The van der Waals surface area contributed by atoms with Crippen molar-refractivity contribution in [1.82, 2.24) is 25.0 Å². The second-order valence-electron chi connectivity index (χ2n) is 6.59. The van der Waals surface area contributed by atoms with Crippen molar-refractivity contribution in [3.8, 4) is 0 Å². The molecule has 1 saturated heterocycles. The summed E-state index contributed by atoms with van der Waals surface area (Å²) < 4.78 is 14.0. The molecule has 136 valence electrons. The third kappa shape index (κ3) is 4.07. The summed E-state index contributed by atoms with van der Waals surface area (Å²) in [6.07, 6.45) is 0.410. The SMILES string of the molecule is CCc1cc(C(=O)N(C)C[C@@H]2C[C@H](F)CN2Cc2scnc2C)n[nH]1. The zero-order valence-corrected chi connectivity index (χ0v) is 15.6. The van der Waals surface area contributed by atoms with Crippen molar-refractivity contribution in [3.05, 3.63) is 33.5 Å². The molecule has 3 heterocycles. The number of likely N-dealkylation sites (N-methyl/N-ethyl adjacent to an activating group) is 1. The van der Waals surface area contributed by atoms with Gasteiger partial charge in [-0.3, -0.25) is 14.8 Å². The minimum absolute atomic E-state index is 0.00929. The number of H-pyrrole nitrogens is 1. The first-order valence-electron chi connectivity index (χ1n) is 8.54. The predicted octanol–water partition coefficient (Wildman–Crippen LogP) is 2.42. The number of hydrogen-bond acceptors (Lipinski definition) is 5. The Balaban J connectivity index is 1.64. The molecule has 1 fully saturated rings. The molecular formula is C17H24FN5OS. The van der Waals surface area contributed by atoms with Crippen LogP contribution in [0.3, 0.4) is 0 Å². The average molecular weight is 365 g/mol. The van der Waals surface area contributed by atoms with Crippen LogP contribution in [-0.2, 0) is 13.0 Å². The van der Waals surface area contributed by atoms with Crippen LogP contribution in [0.5, 0.6) is 0 Å². The number of nitrogens with zero attached hydrogens (tertiary/aromatic N) is 4. The standard InChI is InChI=1S/C17H24FN5OS/c1-4-13-6-15(21-20-13)17(24)22(3)8-14-5-12(18)7-23(14)9-16-11(2)19-10-25-16/h6,10,12,14H,4-5,7-9H2,1-3H3,(H,20,21)/t12-,14-/m0/s1. The number of rotatable bonds is 6. The summed E-state index contributed by atoms with van der Waals surface area (Å²) in [5.41, 5.74) is 4.17. The van der Waals surface area contributed by atoms with Crippen LogP contribution in [-0.4, -0.2) is 63.2 Å². The van der Waals surface area contributed by atoms with E-state index in [0.717, 1.165) is 22.7 Å². The number of likely N-dealkylation sites (tertiary alicyclic amines) is 1. The monoisotopic (exact) mass is 365 g/mol. The Morgan fingerprint density at radius 1 is 1.56 bits per heavy atom. The van der Waals surface area contributed by atoms with Gasteiger partial charge in [-0.2, -0.15) is 5.10 Å². The fraction of sp³-hybridized carbons (Fsp3) is 0.588. The lowest BCUT2D eigenvalue weighted by atomic mass is 10.2. The summed E-state index contributed by atoms with van der Waals surface area (Å²) in [6.45, 7) is 5.57. The van der Waals surface area contributed by atoms with Gasteiger partial charge >= 0.3 is 0 Å². The molecule has 25 heavy (non-hydrogen) atoms. The van der Waals surface area contributed by atoms with Gasteiger partial charge in [0.05, 0.1) is 11.2 Å². The van der Waals surface area contributed by atoms with Gasteiger partial charge in [-0.25, -0.2) is 9.37 Å². The predicted molar refractivity (Wildman–Crippen MR) is 95.5 cm³/mol. The van der Waals surface area contributed by atoms with E-state index in [9.17, 15) is 9.18 Å². The van der Waals surface area contributed by atoms with E-state index < -0.39 is 6.17 Å². The van der Waals surface area contributed by atoms with Crippen LogP contribution >= 0.6 is 11.3 Å². The lowest BCUT2D eigenvalue weighted by Crippen LogP contribution is -2.41. The number of thiazole rings is 1. The van der Waals surface area contributed by atoms with Gasteiger partial charge in [0.15, 0.2) is 0 Å². The molecule has 0 saturated carbocycles. The highest BCUT2D eigenvalue weighted by Gasteiger charge is 2.34. The van der Waals surface area contributed by atoms with E-state index in [1.807, 2.05) is 19.4 Å². The summed E-state index contributed by atoms with van der Waals surface area (Å²) in [5, 5.41) is 6.94. The van der Waals surface area contributed by atoms with Crippen molar-refractivity contribution in [2.45, 2.75) is 45.4 Å². The molecule has 1 amide bonds. The number of alkyl halides is 1. The number of carbonyl (C=O) groups excluding carboxylic acids is 1. The van der Waals surface area contributed by atoms with Crippen molar-refractivity contribution >= 4 is 17.2 Å². The number of amides is 1. The Bertz CT molecular complexity index is 730. The first-order chi connectivity index (χ1) is 12.0. The van der Waals surface area contributed by atoms with Crippen molar-refractivity contribution in [2.75, 3.05) is 20.1 Å². The lowest BCUT2D eigenvalue weighted by Gasteiger charge is -2.27. The van der Waals surface area contributed by atoms with Gasteiger partial charge in [0, 0.05) is 43.3 Å². The number of halogens is 1. The van der Waals surface area contributed by atoms with Crippen molar-refractivity contribution < 1.29 is 9.18 Å². The third-order valence-electron chi connectivity index (χ3n) is 4.73. The summed E-state index contributed by atoms with van der Waals surface area (Å²) in [4.78, 5) is 21.7. The van der Waals surface area contributed by atoms with E-state index in [-0.39, 0.29) is 11.9 Å². The molecule has 2 aromatic rings. The molecule has 0 bridgehead atoms. The first-order valence-corrected chi connectivity index (χ1v) is 9.42. The number of nitrogens with one attached hydrogen (secondary N) is 1. The number of aryl methyl sites for hydroxylation is 2. The van der Waals surface area contributed by atoms with E-state index in [4.69, 9.17) is 0 Å². The minimum Gasteiger partial charge on any atom is -0.339 e. The third-order valence-corrected chi connectivity index (χ3v) is 5.65. The number of aromatic amines is 1. The molecule has 0 aliphatic carbocycles. The van der Waals surface area contributed by atoms with Crippen molar-refractivity contribution in [2.24, 2.45) is 0 Å². The van der Waals surface area contributed by atoms with E-state index in [1.54, 1.807) is 29.4 Å². The number of carbonyl (C=O) groups is 1. The van der Waals surface area contributed by atoms with E-state index in [2.05, 4.69) is 20.1 Å².